The van der Waals surface area contributed by atoms with Crippen molar-refractivity contribution in [3.05, 3.63) is 65.9 Å². The minimum absolute atomic E-state index is 0.107. The highest BCUT2D eigenvalue weighted by molar-refractivity contribution is 5.76. The van der Waals surface area contributed by atoms with E-state index in [2.05, 4.69) is 51.8 Å². The van der Waals surface area contributed by atoms with Crippen LogP contribution in [0.5, 0.6) is 0 Å². The summed E-state index contributed by atoms with van der Waals surface area (Å²) in [6, 6.07) is 18.8. The lowest BCUT2D eigenvalue weighted by Crippen LogP contribution is -2.34. The quantitative estimate of drug-likeness (QED) is 0.710. The summed E-state index contributed by atoms with van der Waals surface area (Å²) in [5.74, 6) is 1.08. The highest BCUT2D eigenvalue weighted by Crippen LogP contribution is 2.31. The monoisotopic (exact) mass is 375 g/mol. The molecule has 28 heavy (non-hydrogen) atoms. The summed E-state index contributed by atoms with van der Waals surface area (Å²) in [5.41, 5.74) is 5.51. The van der Waals surface area contributed by atoms with E-state index in [-0.39, 0.29) is 5.91 Å². The highest BCUT2D eigenvalue weighted by Gasteiger charge is 2.25. The van der Waals surface area contributed by atoms with E-state index in [1.54, 1.807) is 0 Å². The van der Waals surface area contributed by atoms with Gasteiger partial charge in [-0.2, -0.15) is 0 Å². The second-order valence-corrected chi connectivity index (χ2v) is 7.11. The van der Waals surface area contributed by atoms with Gasteiger partial charge in [-0.1, -0.05) is 59.8 Å². The number of hydrogen-bond donors (Lipinski definition) is 1. The van der Waals surface area contributed by atoms with Crippen molar-refractivity contribution >= 4 is 5.91 Å². The molecule has 0 unspecified atom stereocenters. The van der Waals surface area contributed by atoms with Crippen molar-refractivity contribution in [2.24, 2.45) is 0 Å². The van der Waals surface area contributed by atoms with Gasteiger partial charge in [-0.25, -0.2) is 0 Å². The number of benzene rings is 2. The van der Waals surface area contributed by atoms with Crippen LogP contribution in [0.15, 0.2) is 59.1 Å². The molecule has 1 aliphatic heterocycles. The third-order valence-electron chi connectivity index (χ3n) is 5.20. The normalized spacial score (nSPS) is 13.9. The molecule has 1 amide bonds. The van der Waals surface area contributed by atoms with Gasteiger partial charge in [-0.3, -0.25) is 9.69 Å². The van der Waals surface area contributed by atoms with Gasteiger partial charge < -0.3 is 9.84 Å². The highest BCUT2D eigenvalue weighted by atomic mass is 16.5. The van der Waals surface area contributed by atoms with Gasteiger partial charge in [0.05, 0.1) is 0 Å². The van der Waals surface area contributed by atoms with Crippen LogP contribution < -0.4 is 5.32 Å². The maximum atomic E-state index is 11.7. The summed E-state index contributed by atoms with van der Waals surface area (Å²) in [4.78, 5) is 14.1. The Morgan fingerprint density at radius 3 is 2.54 bits per heavy atom. The Balaban J connectivity index is 1.49. The van der Waals surface area contributed by atoms with Gasteiger partial charge in [-0.05, 0) is 18.1 Å². The van der Waals surface area contributed by atoms with E-state index in [1.165, 1.54) is 11.1 Å². The van der Waals surface area contributed by atoms with Gasteiger partial charge in [0.1, 0.15) is 11.5 Å². The van der Waals surface area contributed by atoms with Gasteiger partial charge in [-0.15, -0.1) is 0 Å². The molecule has 5 nitrogen and oxygen atoms in total. The van der Waals surface area contributed by atoms with Crippen molar-refractivity contribution in [3.63, 3.8) is 0 Å². The molecule has 0 saturated heterocycles. The van der Waals surface area contributed by atoms with E-state index in [0.717, 1.165) is 48.6 Å². The maximum absolute atomic E-state index is 11.7. The molecular formula is C23H25N3O2. The van der Waals surface area contributed by atoms with Gasteiger partial charge in [0.25, 0.3) is 0 Å². The first-order valence-corrected chi connectivity index (χ1v) is 9.87. The molecule has 0 fully saturated rings. The summed E-state index contributed by atoms with van der Waals surface area (Å²) >= 11 is 0. The van der Waals surface area contributed by atoms with E-state index in [4.69, 9.17) is 4.52 Å². The summed E-state index contributed by atoms with van der Waals surface area (Å²) < 4.78 is 5.61. The van der Waals surface area contributed by atoms with Crippen LogP contribution in [0.2, 0.25) is 0 Å². The molecular weight excluding hydrogens is 350 g/mol. The lowest BCUT2D eigenvalue weighted by atomic mass is 9.99. The van der Waals surface area contributed by atoms with Crippen LogP contribution in [-0.2, 0) is 17.8 Å². The van der Waals surface area contributed by atoms with Crippen LogP contribution in [0.1, 0.15) is 24.7 Å². The van der Waals surface area contributed by atoms with Crippen molar-refractivity contribution in [2.75, 3.05) is 19.6 Å². The van der Waals surface area contributed by atoms with Crippen LogP contribution in [-0.4, -0.2) is 35.6 Å². The first-order chi connectivity index (χ1) is 13.7. The van der Waals surface area contributed by atoms with Crippen LogP contribution >= 0.6 is 0 Å². The van der Waals surface area contributed by atoms with Crippen molar-refractivity contribution < 1.29 is 9.32 Å². The maximum Gasteiger partial charge on any atom is 0.221 e. The van der Waals surface area contributed by atoms with E-state index >= 15 is 0 Å². The summed E-state index contributed by atoms with van der Waals surface area (Å²) in [6.07, 6.45) is 1.36. The predicted molar refractivity (Wildman–Crippen MR) is 110 cm³/mol. The fourth-order valence-electron chi connectivity index (χ4n) is 3.68. The summed E-state index contributed by atoms with van der Waals surface area (Å²) in [6.45, 7) is 5.04. The average molecular weight is 375 g/mol. The molecule has 3 aromatic rings. The lowest BCUT2D eigenvalue weighted by Gasteiger charge is -2.25. The Hall–Kier alpha value is -2.92. The van der Waals surface area contributed by atoms with Crippen molar-refractivity contribution in [2.45, 2.75) is 26.3 Å². The number of amides is 1. The minimum Gasteiger partial charge on any atom is -0.360 e. The Morgan fingerprint density at radius 1 is 1.07 bits per heavy atom. The Bertz CT molecular complexity index is 932. The molecule has 0 saturated carbocycles. The van der Waals surface area contributed by atoms with Crippen LogP contribution in [0.3, 0.4) is 0 Å². The third kappa shape index (κ3) is 3.99. The topological polar surface area (TPSA) is 58.4 Å². The lowest BCUT2D eigenvalue weighted by molar-refractivity contribution is -0.121. The second kappa shape index (κ2) is 8.40. The van der Waals surface area contributed by atoms with E-state index in [0.29, 0.717) is 13.0 Å². The number of aromatic nitrogens is 1. The smallest absolute Gasteiger partial charge is 0.221 e. The third-order valence-corrected chi connectivity index (χ3v) is 5.20. The van der Waals surface area contributed by atoms with Crippen molar-refractivity contribution in [1.82, 2.24) is 15.4 Å². The molecule has 0 radical (unpaired) electrons. The number of nitrogens with zero attached hydrogens (tertiary/aromatic N) is 2. The standard InChI is InChI=1S/C23H25N3O2/c1-2-24-22(27)13-15-26-14-12-21-20(16-26)23(25-28-21)19-10-8-18(9-11-19)17-6-4-3-5-7-17/h3-11H,2,12-16H2,1H3,(H,24,27). The van der Waals surface area contributed by atoms with E-state index < -0.39 is 0 Å². The molecule has 1 aromatic heterocycles. The zero-order chi connectivity index (χ0) is 19.3. The number of hydrogen-bond acceptors (Lipinski definition) is 4. The zero-order valence-corrected chi connectivity index (χ0v) is 16.1. The van der Waals surface area contributed by atoms with Gasteiger partial charge in [0.15, 0.2) is 0 Å². The summed E-state index contributed by atoms with van der Waals surface area (Å²) in [5, 5.41) is 7.21. The molecule has 2 heterocycles. The number of carbonyl (C=O) groups is 1. The molecule has 4 rings (SSSR count). The van der Waals surface area contributed by atoms with Crippen molar-refractivity contribution in [3.8, 4) is 22.4 Å². The molecule has 0 atom stereocenters. The van der Waals surface area contributed by atoms with Crippen LogP contribution in [0, 0.1) is 0 Å². The first kappa shape index (κ1) is 18.4. The first-order valence-electron chi connectivity index (χ1n) is 9.87. The fraction of sp³-hybridized carbons (Fsp3) is 0.304. The van der Waals surface area contributed by atoms with Gasteiger partial charge in [0.2, 0.25) is 5.91 Å². The second-order valence-electron chi connectivity index (χ2n) is 7.11. The number of nitrogens with one attached hydrogen (secondary N) is 1. The van der Waals surface area contributed by atoms with E-state index in [9.17, 15) is 4.79 Å². The molecule has 1 aliphatic rings. The van der Waals surface area contributed by atoms with E-state index in [1.807, 2.05) is 25.1 Å². The number of carbonyl (C=O) groups excluding carboxylic acids is 1. The largest absolute Gasteiger partial charge is 0.360 e. The van der Waals surface area contributed by atoms with Gasteiger partial charge in [0, 0.05) is 50.1 Å². The van der Waals surface area contributed by atoms with Crippen molar-refractivity contribution in [1.29, 1.82) is 0 Å². The average Bonchev–Trinajstić information content (AvgIpc) is 3.16. The molecule has 144 valence electrons. The Morgan fingerprint density at radius 2 is 1.79 bits per heavy atom. The van der Waals surface area contributed by atoms with Gasteiger partial charge >= 0.3 is 0 Å². The minimum atomic E-state index is 0.107. The molecule has 2 aromatic carbocycles. The Labute approximate surface area is 165 Å². The molecule has 0 spiro atoms. The number of rotatable bonds is 6. The SMILES string of the molecule is CCNC(=O)CCN1CCc2onc(-c3ccc(-c4ccccc4)cc3)c2C1. The fourth-order valence-corrected chi connectivity index (χ4v) is 3.68. The van der Waals surface area contributed by atoms with Crippen LogP contribution in [0.25, 0.3) is 22.4 Å². The zero-order valence-electron chi connectivity index (χ0n) is 16.1. The molecule has 5 heteroatoms. The molecule has 0 bridgehead atoms. The number of fused-ring (bicyclic) bond motifs is 1. The summed E-state index contributed by atoms with van der Waals surface area (Å²) in [7, 11) is 0. The Kier molecular flexibility index (Phi) is 5.53. The van der Waals surface area contributed by atoms with Crippen LogP contribution in [0.4, 0.5) is 0 Å². The molecule has 1 N–H and O–H groups in total. The molecule has 0 aliphatic carbocycles. The predicted octanol–water partition coefficient (Wildman–Crippen LogP) is 3.89.